The molecule has 0 aliphatic rings. The van der Waals surface area contributed by atoms with Gasteiger partial charge in [0.1, 0.15) is 0 Å². The van der Waals surface area contributed by atoms with E-state index in [-0.39, 0.29) is 0 Å². The Morgan fingerprint density at radius 1 is 0.567 bits per heavy atom. The van der Waals surface area contributed by atoms with Crippen LogP contribution >= 0.6 is 17.2 Å². The van der Waals surface area contributed by atoms with Crippen molar-refractivity contribution >= 4 is 33.1 Å². The van der Waals surface area contributed by atoms with Crippen molar-refractivity contribution in [1.29, 1.82) is 0 Å². The number of hydrogen-bond donors (Lipinski definition) is 1. The van der Waals surface area contributed by atoms with Crippen LogP contribution in [0.1, 0.15) is 12.0 Å². The standard InChI is InChI=1S/C27H26ClOP/c28-30(24-15-7-2-8-16-24,25-17-9-3-10-18-25,26-19-11-4-12-20-26)27(29)22-21-23-13-5-1-6-14-23/h1-20,27,29H,21-22H2. The molecular formula is C27H26ClOP. The summed E-state index contributed by atoms with van der Waals surface area (Å²) >= 11 is 7.97. The van der Waals surface area contributed by atoms with E-state index in [1.54, 1.807) is 0 Å². The molecule has 0 bridgehead atoms. The Kier molecular flexibility index (Phi) is 6.06. The van der Waals surface area contributed by atoms with Crippen molar-refractivity contribution < 1.29 is 5.11 Å². The average Bonchev–Trinajstić information content (AvgIpc) is 2.84. The number of benzene rings is 4. The molecule has 1 atom stereocenters. The van der Waals surface area contributed by atoms with Gasteiger partial charge in [0.25, 0.3) is 0 Å². The molecule has 0 radical (unpaired) electrons. The van der Waals surface area contributed by atoms with Crippen LogP contribution in [-0.2, 0) is 6.42 Å². The first-order valence-electron chi connectivity index (χ1n) is 10.3. The molecule has 0 aliphatic carbocycles. The topological polar surface area (TPSA) is 20.2 Å². The van der Waals surface area contributed by atoms with E-state index in [1.165, 1.54) is 5.56 Å². The van der Waals surface area contributed by atoms with Crippen molar-refractivity contribution in [3.8, 4) is 0 Å². The van der Waals surface area contributed by atoms with Crippen molar-refractivity contribution in [3.63, 3.8) is 0 Å². The van der Waals surface area contributed by atoms with E-state index in [9.17, 15) is 5.11 Å². The van der Waals surface area contributed by atoms with Crippen molar-refractivity contribution in [1.82, 2.24) is 0 Å². The molecule has 0 aromatic heterocycles. The van der Waals surface area contributed by atoms with Gasteiger partial charge in [-0.3, -0.25) is 0 Å². The van der Waals surface area contributed by atoms with Crippen LogP contribution in [0.2, 0.25) is 0 Å². The molecule has 4 aromatic carbocycles. The summed E-state index contributed by atoms with van der Waals surface area (Å²) in [6, 6.07) is 40.7. The van der Waals surface area contributed by atoms with Crippen molar-refractivity contribution in [2.24, 2.45) is 0 Å². The van der Waals surface area contributed by atoms with Gasteiger partial charge in [-0.2, -0.15) is 0 Å². The van der Waals surface area contributed by atoms with Crippen LogP contribution in [0.3, 0.4) is 0 Å². The summed E-state index contributed by atoms with van der Waals surface area (Å²) in [7, 11) is 0. The number of halogens is 1. The van der Waals surface area contributed by atoms with Gasteiger partial charge < -0.3 is 0 Å². The number of aliphatic hydroxyl groups excluding tert-OH is 1. The Morgan fingerprint density at radius 2 is 0.900 bits per heavy atom. The molecule has 152 valence electrons. The second kappa shape index (κ2) is 8.74. The van der Waals surface area contributed by atoms with Gasteiger partial charge >= 0.3 is 184 Å². The Labute approximate surface area is 183 Å². The van der Waals surface area contributed by atoms with Crippen molar-refractivity contribution in [2.45, 2.75) is 18.7 Å². The zero-order chi connectivity index (χ0) is 20.9. The van der Waals surface area contributed by atoms with E-state index in [2.05, 4.69) is 48.5 Å². The monoisotopic (exact) mass is 432 g/mol. The maximum absolute atomic E-state index is 12.0. The molecule has 0 aliphatic heterocycles. The molecule has 1 N–H and O–H groups in total. The summed E-state index contributed by atoms with van der Waals surface area (Å²) in [5, 5.41) is 14.9. The third kappa shape index (κ3) is 3.48. The van der Waals surface area contributed by atoms with Gasteiger partial charge in [-0.15, -0.1) is 0 Å². The van der Waals surface area contributed by atoms with E-state index in [0.29, 0.717) is 6.42 Å². The predicted molar refractivity (Wildman–Crippen MR) is 132 cm³/mol. The van der Waals surface area contributed by atoms with E-state index in [1.807, 2.05) is 72.8 Å². The second-order valence-corrected chi connectivity index (χ2v) is 14.0. The van der Waals surface area contributed by atoms with Gasteiger partial charge in [-0.05, 0) is 0 Å². The predicted octanol–water partition coefficient (Wildman–Crippen LogP) is 5.62. The van der Waals surface area contributed by atoms with Crippen LogP contribution < -0.4 is 15.9 Å². The quantitative estimate of drug-likeness (QED) is 0.376. The summed E-state index contributed by atoms with van der Waals surface area (Å²) in [4.78, 5) is 0. The van der Waals surface area contributed by atoms with Crippen LogP contribution in [0.4, 0.5) is 0 Å². The number of aryl methyl sites for hydroxylation is 1. The molecule has 0 heterocycles. The first kappa shape index (κ1) is 20.8. The van der Waals surface area contributed by atoms with E-state index < -0.39 is 11.8 Å². The molecule has 30 heavy (non-hydrogen) atoms. The molecule has 3 heteroatoms. The molecule has 1 unspecified atom stereocenters. The van der Waals surface area contributed by atoms with Crippen LogP contribution in [0.15, 0.2) is 121 Å². The summed E-state index contributed by atoms with van der Waals surface area (Å²) in [5.41, 5.74) is 1.20. The van der Waals surface area contributed by atoms with Crippen LogP contribution in [0.5, 0.6) is 0 Å². The molecule has 4 rings (SSSR count). The molecule has 1 nitrogen and oxygen atoms in total. The second-order valence-electron chi connectivity index (χ2n) is 7.59. The fraction of sp³-hybridized carbons (Fsp3) is 0.111. The van der Waals surface area contributed by atoms with E-state index in [4.69, 9.17) is 11.2 Å². The normalized spacial score (nSPS) is 13.9. The molecule has 0 saturated heterocycles. The summed E-state index contributed by atoms with van der Waals surface area (Å²) in [6.45, 7) is 0. The van der Waals surface area contributed by atoms with Crippen LogP contribution in [0.25, 0.3) is 0 Å². The van der Waals surface area contributed by atoms with Crippen LogP contribution in [0, 0.1) is 0 Å². The summed E-state index contributed by atoms with van der Waals surface area (Å²) in [6.07, 6.45) is 1.34. The summed E-state index contributed by atoms with van der Waals surface area (Å²) < 4.78 is 0. The molecule has 4 aromatic rings. The van der Waals surface area contributed by atoms with Crippen LogP contribution in [-0.4, -0.2) is 11.0 Å². The molecule has 0 amide bonds. The fourth-order valence-electron chi connectivity index (χ4n) is 4.30. The Bertz CT molecular complexity index is 969. The van der Waals surface area contributed by atoms with Gasteiger partial charge in [0.15, 0.2) is 0 Å². The van der Waals surface area contributed by atoms with Crippen molar-refractivity contribution in [3.05, 3.63) is 127 Å². The SMILES string of the molecule is OC(CCc1ccccc1)P(Cl)(c1ccccc1)(c1ccccc1)c1ccccc1. The van der Waals surface area contributed by atoms with Gasteiger partial charge in [0.2, 0.25) is 0 Å². The average molecular weight is 433 g/mol. The first-order chi connectivity index (χ1) is 14.6. The van der Waals surface area contributed by atoms with Gasteiger partial charge in [0, 0.05) is 0 Å². The third-order valence-corrected chi connectivity index (χ3v) is 13.6. The first-order valence-corrected chi connectivity index (χ1v) is 13.5. The summed E-state index contributed by atoms with van der Waals surface area (Å²) in [5.74, 6) is -4.40. The minimum absolute atomic E-state index is 0.573. The molecular weight excluding hydrogens is 407 g/mol. The van der Waals surface area contributed by atoms with Crippen molar-refractivity contribution in [2.75, 3.05) is 0 Å². The number of aliphatic hydroxyl groups is 1. The molecule has 0 fully saturated rings. The fourth-order valence-corrected chi connectivity index (χ4v) is 10.4. The maximum atomic E-state index is 12.0. The van der Waals surface area contributed by atoms with Gasteiger partial charge in [-0.25, -0.2) is 0 Å². The van der Waals surface area contributed by atoms with E-state index >= 15 is 0 Å². The number of rotatable bonds is 7. The Hall–Kier alpha value is -2.44. The molecule has 0 spiro atoms. The van der Waals surface area contributed by atoms with Gasteiger partial charge in [-0.1, -0.05) is 0 Å². The van der Waals surface area contributed by atoms with Gasteiger partial charge in [0.05, 0.1) is 0 Å². The zero-order valence-electron chi connectivity index (χ0n) is 16.8. The molecule has 0 saturated carbocycles. The Morgan fingerprint density at radius 3 is 1.27 bits per heavy atom. The minimum atomic E-state index is -3.67. The zero-order valence-corrected chi connectivity index (χ0v) is 18.5. The Balaban J connectivity index is 1.93. The third-order valence-electron chi connectivity index (χ3n) is 5.88. The number of hydrogen-bond acceptors (Lipinski definition) is 1. The van der Waals surface area contributed by atoms with E-state index in [0.717, 1.165) is 22.3 Å².